The quantitative estimate of drug-likeness (QED) is 0.723. The van der Waals surface area contributed by atoms with E-state index < -0.39 is 0 Å². The van der Waals surface area contributed by atoms with Gasteiger partial charge in [0.05, 0.1) is 19.8 Å². The first-order chi connectivity index (χ1) is 7.31. The van der Waals surface area contributed by atoms with Crippen LogP contribution in [-0.2, 0) is 0 Å². The molecule has 0 aliphatic rings. The lowest BCUT2D eigenvalue weighted by atomic mass is 10.2. The molecule has 1 aromatic carbocycles. The zero-order chi connectivity index (χ0) is 10.8. The highest BCUT2D eigenvalue weighted by Crippen LogP contribution is 2.37. The molecule has 0 N–H and O–H groups in total. The number of fused-ring (bicyclic) bond motifs is 1. The van der Waals surface area contributed by atoms with Gasteiger partial charge in [-0.15, -0.1) is 0 Å². The zero-order valence-electron chi connectivity index (χ0n) is 8.44. The summed E-state index contributed by atoms with van der Waals surface area (Å²) >= 11 is 0. The van der Waals surface area contributed by atoms with Crippen LogP contribution < -0.4 is 9.47 Å². The molecule has 0 radical (unpaired) electrons. The maximum atomic E-state index is 10.7. The first kappa shape index (κ1) is 9.58. The second-order valence-electron chi connectivity index (χ2n) is 2.99. The zero-order valence-corrected chi connectivity index (χ0v) is 8.44. The molecule has 1 heterocycles. The fourth-order valence-electron chi connectivity index (χ4n) is 1.52. The molecule has 4 nitrogen and oxygen atoms in total. The molecule has 78 valence electrons. The lowest BCUT2D eigenvalue weighted by Crippen LogP contribution is -1.90. The van der Waals surface area contributed by atoms with Crippen molar-refractivity contribution in [2.75, 3.05) is 14.2 Å². The van der Waals surface area contributed by atoms with Crippen molar-refractivity contribution in [3.8, 4) is 11.5 Å². The highest BCUT2D eigenvalue weighted by Gasteiger charge is 2.14. The molecule has 0 atom stereocenters. The summed E-state index contributed by atoms with van der Waals surface area (Å²) < 4.78 is 15.6. The molecule has 1 aromatic heterocycles. The number of hydrogen-bond acceptors (Lipinski definition) is 4. The van der Waals surface area contributed by atoms with Gasteiger partial charge in [-0.3, -0.25) is 4.79 Å². The van der Waals surface area contributed by atoms with Crippen LogP contribution in [0.3, 0.4) is 0 Å². The lowest BCUT2D eigenvalue weighted by molar-refractivity contribution is 0.112. The van der Waals surface area contributed by atoms with Crippen LogP contribution in [0.5, 0.6) is 11.5 Å². The summed E-state index contributed by atoms with van der Waals surface area (Å²) in [6.45, 7) is 0. The van der Waals surface area contributed by atoms with Crippen molar-refractivity contribution in [2.24, 2.45) is 0 Å². The molecule has 2 aromatic rings. The largest absolute Gasteiger partial charge is 0.493 e. The number of aldehydes is 1. The van der Waals surface area contributed by atoms with Crippen LogP contribution >= 0.6 is 0 Å². The van der Waals surface area contributed by atoms with Gasteiger partial charge in [0.1, 0.15) is 6.26 Å². The van der Waals surface area contributed by atoms with Crippen molar-refractivity contribution >= 4 is 17.3 Å². The SMILES string of the molecule is COc1ccc2c(C=O)coc2c1OC. The van der Waals surface area contributed by atoms with Crippen LogP contribution in [0.25, 0.3) is 11.0 Å². The Bertz CT molecular complexity index is 499. The molecule has 0 saturated heterocycles. The fourth-order valence-corrected chi connectivity index (χ4v) is 1.52. The third-order valence-electron chi connectivity index (χ3n) is 2.24. The second kappa shape index (κ2) is 3.65. The average Bonchev–Trinajstić information content (AvgIpc) is 2.70. The average molecular weight is 206 g/mol. The smallest absolute Gasteiger partial charge is 0.204 e. The Hall–Kier alpha value is -1.97. The Kier molecular flexibility index (Phi) is 2.33. The third-order valence-corrected chi connectivity index (χ3v) is 2.24. The summed E-state index contributed by atoms with van der Waals surface area (Å²) in [5.74, 6) is 1.08. The van der Waals surface area contributed by atoms with Gasteiger partial charge < -0.3 is 13.9 Å². The molecule has 0 saturated carbocycles. The molecule has 0 unspecified atom stereocenters. The van der Waals surface area contributed by atoms with Crippen LogP contribution in [0, 0.1) is 0 Å². The van der Waals surface area contributed by atoms with Gasteiger partial charge in [-0.2, -0.15) is 0 Å². The van der Waals surface area contributed by atoms with Gasteiger partial charge in [0.25, 0.3) is 0 Å². The van der Waals surface area contributed by atoms with Gasteiger partial charge in [0.15, 0.2) is 17.6 Å². The van der Waals surface area contributed by atoms with Crippen LogP contribution in [0.2, 0.25) is 0 Å². The molecule has 15 heavy (non-hydrogen) atoms. The van der Waals surface area contributed by atoms with Crippen molar-refractivity contribution in [1.82, 2.24) is 0 Å². The van der Waals surface area contributed by atoms with Gasteiger partial charge >= 0.3 is 0 Å². The number of ether oxygens (including phenoxy) is 2. The van der Waals surface area contributed by atoms with E-state index in [0.717, 1.165) is 11.7 Å². The van der Waals surface area contributed by atoms with Gasteiger partial charge in [-0.05, 0) is 12.1 Å². The minimum Gasteiger partial charge on any atom is -0.493 e. The highest BCUT2D eigenvalue weighted by molar-refractivity contribution is 5.99. The van der Waals surface area contributed by atoms with Crippen molar-refractivity contribution in [3.63, 3.8) is 0 Å². The summed E-state index contributed by atoms with van der Waals surface area (Å²) in [5, 5.41) is 0.725. The summed E-state index contributed by atoms with van der Waals surface area (Å²) in [7, 11) is 3.08. The van der Waals surface area contributed by atoms with Gasteiger partial charge in [-0.1, -0.05) is 0 Å². The molecule has 0 aliphatic carbocycles. The predicted molar refractivity (Wildman–Crippen MR) is 54.7 cm³/mol. The van der Waals surface area contributed by atoms with Crippen molar-refractivity contribution in [1.29, 1.82) is 0 Å². The number of carbonyl (C=O) groups excluding carboxylic acids is 1. The van der Waals surface area contributed by atoms with E-state index in [1.54, 1.807) is 19.2 Å². The number of hydrogen-bond donors (Lipinski definition) is 0. The van der Waals surface area contributed by atoms with E-state index in [2.05, 4.69) is 0 Å². The predicted octanol–water partition coefficient (Wildman–Crippen LogP) is 2.26. The van der Waals surface area contributed by atoms with Gasteiger partial charge in [0.2, 0.25) is 5.75 Å². The minimum atomic E-state index is 0.503. The fraction of sp³-hybridized carbons (Fsp3) is 0.182. The summed E-state index contributed by atoms with van der Waals surface area (Å²) in [6.07, 6.45) is 2.15. The maximum Gasteiger partial charge on any atom is 0.204 e. The van der Waals surface area contributed by atoms with Crippen molar-refractivity contribution < 1.29 is 18.7 Å². The molecule has 0 fully saturated rings. The molecule has 0 aliphatic heterocycles. The lowest BCUT2D eigenvalue weighted by Gasteiger charge is -2.06. The Morgan fingerprint density at radius 1 is 1.27 bits per heavy atom. The van der Waals surface area contributed by atoms with Crippen LogP contribution in [-0.4, -0.2) is 20.5 Å². The van der Waals surface area contributed by atoms with E-state index in [0.29, 0.717) is 22.6 Å². The summed E-state index contributed by atoms with van der Waals surface area (Å²) in [6, 6.07) is 3.51. The summed E-state index contributed by atoms with van der Waals surface area (Å²) in [4.78, 5) is 10.7. The van der Waals surface area contributed by atoms with Crippen LogP contribution in [0.4, 0.5) is 0 Å². The van der Waals surface area contributed by atoms with E-state index in [1.807, 2.05) is 0 Å². The van der Waals surface area contributed by atoms with Gasteiger partial charge in [-0.25, -0.2) is 0 Å². The monoisotopic (exact) mass is 206 g/mol. The molecule has 0 spiro atoms. The molecule has 0 amide bonds. The molecular weight excluding hydrogens is 196 g/mol. The number of rotatable bonds is 3. The standard InChI is InChI=1S/C11H10O4/c1-13-9-4-3-8-7(5-12)6-15-10(8)11(9)14-2/h3-6H,1-2H3. The van der Waals surface area contributed by atoms with E-state index in [1.165, 1.54) is 13.4 Å². The van der Waals surface area contributed by atoms with E-state index in [9.17, 15) is 4.79 Å². The van der Waals surface area contributed by atoms with Crippen LogP contribution in [0.1, 0.15) is 10.4 Å². The minimum absolute atomic E-state index is 0.503. The van der Waals surface area contributed by atoms with E-state index in [-0.39, 0.29) is 0 Å². The number of methoxy groups -OCH3 is 2. The van der Waals surface area contributed by atoms with E-state index in [4.69, 9.17) is 13.9 Å². The number of furan rings is 1. The first-order valence-electron chi connectivity index (χ1n) is 4.39. The molecular formula is C11H10O4. The van der Waals surface area contributed by atoms with E-state index >= 15 is 0 Å². The van der Waals surface area contributed by atoms with Crippen molar-refractivity contribution in [3.05, 3.63) is 24.0 Å². The van der Waals surface area contributed by atoms with Crippen LogP contribution in [0.15, 0.2) is 22.8 Å². The van der Waals surface area contributed by atoms with Gasteiger partial charge in [0, 0.05) is 5.39 Å². The third kappa shape index (κ3) is 1.34. The molecule has 0 bridgehead atoms. The number of carbonyl (C=O) groups is 1. The Morgan fingerprint density at radius 3 is 2.67 bits per heavy atom. The molecule has 4 heteroatoms. The number of benzene rings is 1. The summed E-state index contributed by atoms with van der Waals surface area (Å²) in [5.41, 5.74) is 1.03. The normalized spacial score (nSPS) is 10.3. The Labute approximate surface area is 86.4 Å². The maximum absolute atomic E-state index is 10.7. The molecule has 2 rings (SSSR count). The second-order valence-corrected chi connectivity index (χ2v) is 2.99. The highest BCUT2D eigenvalue weighted by atomic mass is 16.5. The Balaban J connectivity index is 2.77. The van der Waals surface area contributed by atoms with Crippen molar-refractivity contribution in [2.45, 2.75) is 0 Å². The topological polar surface area (TPSA) is 48.7 Å². The Morgan fingerprint density at radius 2 is 2.07 bits per heavy atom. The first-order valence-corrected chi connectivity index (χ1v) is 4.39.